The highest BCUT2D eigenvalue weighted by molar-refractivity contribution is 9.10. The summed E-state index contributed by atoms with van der Waals surface area (Å²) < 4.78 is 41.0. The molecule has 1 aromatic heterocycles. The highest BCUT2D eigenvalue weighted by Gasteiger charge is 2.32. The van der Waals surface area contributed by atoms with Crippen molar-refractivity contribution in [1.82, 2.24) is 4.57 Å². The van der Waals surface area contributed by atoms with Gasteiger partial charge in [0.1, 0.15) is 6.54 Å². The molecule has 2 aromatic rings. The average Bonchev–Trinajstić information content (AvgIpc) is 3.11. The minimum atomic E-state index is -4.51. The molecule has 5 nitrogen and oxygen atoms in total. The number of rotatable bonds is 4. The van der Waals surface area contributed by atoms with Crippen molar-refractivity contribution in [2.45, 2.75) is 25.6 Å². The van der Waals surface area contributed by atoms with Crippen molar-refractivity contribution in [2.24, 2.45) is 0 Å². The second-order valence-electron chi connectivity index (χ2n) is 6.29. The van der Waals surface area contributed by atoms with Gasteiger partial charge in [-0.3, -0.25) is 9.59 Å². The van der Waals surface area contributed by atoms with Gasteiger partial charge in [0.25, 0.3) is 5.56 Å². The third kappa shape index (κ3) is 4.71. The molecule has 1 N–H and O–H groups in total. The quantitative estimate of drug-likeness (QED) is 0.780. The van der Waals surface area contributed by atoms with Crippen molar-refractivity contribution < 1.29 is 18.0 Å². The first-order chi connectivity index (χ1) is 12.7. The average molecular weight is 444 g/mol. The summed E-state index contributed by atoms with van der Waals surface area (Å²) >= 11 is 3.22. The highest BCUT2D eigenvalue weighted by Crippen LogP contribution is 2.36. The lowest BCUT2D eigenvalue weighted by molar-refractivity contribution is -0.137. The summed E-state index contributed by atoms with van der Waals surface area (Å²) in [6.45, 7) is 1.15. The number of hydrogen-bond acceptors (Lipinski definition) is 3. The zero-order valence-electron chi connectivity index (χ0n) is 14.2. The van der Waals surface area contributed by atoms with Gasteiger partial charge in [-0.25, -0.2) is 0 Å². The summed E-state index contributed by atoms with van der Waals surface area (Å²) in [6, 6.07) is 6.19. The van der Waals surface area contributed by atoms with E-state index in [2.05, 4.69) is 21.2 Å². The summed E-state index contributed by atoms with van der Waals surface area (Å²) in [5.41, 5.74) is -0.562. The van der Waals surface area contributed by atoms with E-state index in [1.54, 1.807) is 6.07 Å². The predicted molar refractivity (Wildman–Crippen MR) is 99.9 cm³/mol. The first-order valence-corrected chi connectivity index (χ1v) is 9.15. The number of nitrogens with one attached hydrogen (secondary N) is 1. The van der Waals surface area contributed by atoms with E-state index in [4.69, 9.17) is 0 Å². The van der Waals surface area contributed by atoms with Crippen LogP contribution in [0, 0.1) is 0 Å². The Bertz CT molecular complexity index is 905. The summed E-state index contributed by atoms with van der Waals surface area (Å²) in [7, 11) is 0. The van der Waals surface area contributed by atoms with Gasteiger partial charge >= 0.3 is 6.18 Å². The van der Waals surface area contributed by atoms with Crippen LogP contribution in [0.3, 0.4) is 0 Å². The van der Waals surface area contributed by atoms with Gasteiger partial charge in [-0.1, -0.05) is 0 Å². The van der Waals surface area contributed by atoms with Crippen molar-refractivity contribution in [1.29, 1.82) is 0 Å². The maximum atomic E-state index is 13.1. The van der Waals surface area contributed by atoms with Crippen molar-refractivity contribution in [3.63, 3.8) is 0 Å². The fraction of sp³-hybridized carbons (Fsp3) is 0.333. The zero-order chi connectivity index (χ0) is 19.6. The number of anilines is 2. The van der Waals surface area contributed by atoms with Crippen LogP contribution < -0.4 is 15.8 Å². The molecule has 3 rings (SSSR count). The van der Waals surface area contributed by atoms with E-state index in [0.29, 0.717) is 10.2 Å². The normalized spacial score (nSPS) is 14.4. The Balaban J connectivity index is 1.87. The number of aromatic nitrogens is 1. The lowest BCUT2D eigenvalue weighted by Gasteiger charge is -2.23. The molecule has 2 heterocycles. The number of hydrogen-bond donors (Lipinski definition) is 1. The molecule has 0 aliphatic carbocycles. The molecule has 9 heteroatoms. The smallest absolute Gasteiger partial charge is 0.370 e. The van der Waals surface area contributed by atoms with Crippen LogP contribution in [-0.4, -0.2) is 23.6 Å². The minimum absolute atomic E-state index is 0.0970. The lowest BCUT2D eigenvalue weighted by Crippen LogP contribution is -2.28. The fourth-order valence-corrected chi connectivity index (χ4v) is 3.40. The molecule has 144 valence electrons. The molecule has 0 atom stereocenters. The SMILES string of the molecule is O=C(Cn1cc(Br)ccc1=O)Nc1cc(C(F)(F)F)ccc1N1CCCC1. The number of carbonyl (C=O) groups excluding carboxylic acids is 1. The van der Waals surface area contributed by atoms with Crippen molar-refractivity contribution in [3.05, 3.63) is 56.9 Å². The Hall–Kier alpha value is -2.29. The van der Waals surface area contributed by atoms with E-state index in [-0.39, 0.29) is 17.8 Å². The molecule has 0 spiro atoms. The Kier molecular flexibility index (Phi) is 5.59. The number of pyridine rings is 1. The van der Waals surface area contributed by atoms with Gasteiger partial charge in [0.05, 0.1) is 16.9 Å². The summed E-state index contributed by atoms with van der Waals surface area (Å²) in [5, 5.41) is 2.54. The molecule has 0 bridgehead atoms. The van der Waals surface area contributed by atoms with Gasteiger partial charge < -0.3 is 14.8 Å². The van der Waals surface area contributed by atoms with Crippen LogP contribution in [0.15, 0.2) is 45.8 Å². The molecular formula is C18H17BrF3N3O2. The molecule has 1 aliphatic rings. The molecule has 1 aliphatic heterocycles. The molecule has 1 saturated heterocycles. The van der Waals surface area contributed by atoms with Crippen LogP contribution in [0.5, 0.6) is 0 Å². The van der Waals surface area contributed by atoms with Crippen LogP contribution in [0.4, 0.5) is 24.5 Å². The Labute approximate surface area is 161 Å². The first kappa shape index (κ1) is 19.5. The zero-order valence-corrected chi connectivity index (χ0v) is 15.8. The number of carbonyl (C=O) groups is 1. The van der Waals surface area contributed by atoms with Crippen molar-refractivity contribution in [3.8, 4) is 0 Å². The Morgan fingerprint density at radius 1 is 1.15 bits per heavy atom. The Morgan fingerprint density at radius 2 is 1.85 bits per heavy atom. The molecule has 0 saturated carbocycles. The van der Waals surface area contributed by atoms with Crippen LogP contribution in [0.25, 0.3) is 0 Å². The molecule has 0 unspecified atom stereocenters. The molecule has 1 fully saturated rings. The van der Waals surface area contributed by atoms with Crippen molar-refractivity contribution >= 4 is 33.2 Å². The maximum Gasteiger partial charge on any atom is 0.416 e. The number of benzene rings is 1. The molecule has 0 radical (unpaired) electrons. The fourth-order valence-electron chi connectivity index (χ4n) is 3.02. The summed E-state index contributed by atoms with van der Waals surface area (Å²) in [4.78, 5) is 26.2. The van der Waals surface area contributed by atoms with E-state index in [9.17, 15) is 22.8 Å². The second kappa shape index (κ2) is 7.75. The number of alkyl halides is 3. The lowest BCUT2D eigenvalue weighted by atomic mass is 10.1. The van der Waals surface area contributed by atoms with E-state index < -0.39 is 17.6 Å². The second-order valence-corrected chi connectivity index (χ2v) is 7.20. The third-order valence-corrected chi connectivity index (χ3v) is 4.78. The number of nitrogens with zero attached hydrogens (tertiary/aromatic N) is 2. The number of amides is 1. The van der Waals surface area contributed by atoms with Crippen molar-refractivity contribution in [2.75, 3.05) is 23.3 Å². The third-order valence-electron chi connectivity index (χ3n) is 4.31. The predicted octanol–water partition coefficient (Wildman–Crippen LogP) is 3.87. The minimum Gasteiger partial charge on any atom is -0.370 e. The van der Waals surface area contributed by atoms with Gasteiger partial charge in [0.2, 0.25) is 5.91 Å². The van der Waals surface area contributed by atoms with Gasteiger partial charge in [-0.2, -0.15) is 13.2 Å². The van der Waals surface area contributed by atoms with Crippen LogP contribution in [-0.2, 0) is 17.5 Å². The highest BCUT2D eigenvalue weighted by atomic mass is 79.9. The van der Waals surface area contributed by atoms with E-state index in [1.165, 1.54) is 22.9 Å². The largest absolute Gasteiger partial charge is 0.416 e. The van der Waals surface area contributed by atoms with Crippen LogP contribution in [0.1, 0.15) is 18.4 Å². The Morgan fingerprint density at radius 3 is 2.52 bits per heavy atom. The molecule has 1 amide bonds. The molecule has 1 aromatic carbocycles. The van der Waals surface area contributed by atoms with Gasteiger partial charge in [0, 0.05) is 29.8 Å². The topological polar surface area (TPSA) is 54.3 Å². The molecule has 27 heavy (non-hydrogen) atoms. The van der Waals surface area contributed by atoms with E-state index in [1.807, 2.05) is 4.90 Å². The van der Waals surface area contributed by atoms with Gasteiger partial charge in [0.15, 0.2) is 0 Å². The van der Waals surface area contributed by atoms with Gasteiger partial charge in [-0.05, 0) is 53.0 Å². The monoisotopic (exact) mass is 443 g/mol. The summed E-state index contributed by atoms with van der Waals surface area (Å²) in [6.07, 6.45) is -1.16. The summed E-state index contributed by atoms with van der Waals surface area (Å²) in [5.74, 6) is -0.574. The van der Waals surface area contributed by atoms with Gasteiger partial charge in [-0.15, -0.1) is 0 Å². The maximum absolute atomic E-state index is 13.1. The van der Waals surface area contributed by atoms with E-state index in [0.717, 1.165) is 38.1 Å². The first-order valence-electron chi connectivity index (χ1n) is 8.36. The standard InChI is InChI=1S/C18H17BrF3N3O2/c19-13-4-6-17(27)25(10-13)11-16(26)23-14-9-12(18(20,21)22)3-5-15(14)24-7-1-2-8-24/h3-6,9-10H,1-2,7-8,11H2,(H,23,26). The number of halogens is 4. The molecular weight excluding hydrogens is 427 g/mol. The van der Waals surface area contributed by atoms with Crippen LogP contribution >= 0.6 is 15.9 Å². The van der Waals surface area contributed by atoms with E-state index >= 15 is 0 Å². The van der Waals surface area contributed by atoms with Crippen LogP contribution in [0.2, 0.25) is 0 Å².